The van der Waals surface area contributed by atoms with Crippen LogP contribution in [0.5, 0.6) is 0 Å². The number of benzene rings is 1. The average molecular weight is 487 g/mol. The summed E-state index contributed by atoms with van der Waals surface area (Å²) in [4.78, 5) is 34.0. The number of pyridine rings is 1. The molecule has 186 valence electrons. The van der Waals surface area contributed by atoms with E-state index in [1.807, 2.05) is 37.3 Å². The highest BCUT2D eigenvalue weighted by molar-refractivity contribution is 5.96. The molecule has 0 bridgehead atoms. The molecule has 1 N–H and O–H groups in total. The number of likely N-dealkylation sites (tertiary alicyclic amines) is 1. The molecule has 2 fully saturated rings. The molecule has 6 rings (SSSR count). The van der Waals surface area contributed by atoms with Gasteiger partial charge in [0, 0.05) is 48.8 Å². The van der Waals surface area contributed by atoms with Gasteiger partial charge in [-0.15, -0.1) is 0 Å². The minimum atomic E-state index is -0.138. The molecule has 3 aliphatic heterocycles. The Balaban J connectivity index is 1.09. The Bertz CT molecular complexity index is 1370. The van der Waals surface area contributed by atoms with Crippen LogP contribution >= 0.6 is 0 Å². The second-order valence-electron chi connectivity index (χ2n) is 10.4. The van der Waals surface area contributed by atoms with E-state index in [4.69, 9.17) is 9.15 Å². The highest BCUT2D eigenvalue weighted by Crippen LogP contribution is 2.40. The quantitative estimate of drug-likeness (QED) is 0.557. The molecule has 1 spiro atoms. The van der Waals surface area contributed by atoms with Crippen LogP contribution in [0.1, 0.15) is 28.9 Å². The van der Waals surface area contributed by atoms with Crippen LogP contribution in [-0.4, -0.2) is 66.0 Å². The smallest absolute Gasteiger partial charge is 0.246 e. The molecule has 8 heteroatoms. The van der Waals surface area contributed by atoms with Crippen molar-refractivity contribution in [3.8, 4) is 0 Å². The van der Waals surface area contributed by atoms with Gasteiger partial charge in [-0.3, -0.25) is 14.5 Å². The Labute approximate surface area is 209 Å². The Morgan fingerprint density at radius 1 is 1.31 bits per heavy atom. The van der Waals surface area contributed by atoms with Gasteiger partial charge in [0.2, 0.25) is 11.8 Å². The molecule has 0 saturated carbocycles. The number of nitrogens with one attached hydrogen (secondary N) is 1. The van der Waals surface area contributed by atoms with E-state index < -0.39 is 0 Å². The third-order valence-corrected chi connectivity index (χ3v) is 7.67. The number of carbonyl (C=O) groups excluding carboxylic acids is 2. The molecule has 2 aromatic heterocycles. The monoisotopic (exact) mass is 486 g/mol. The van der Waals surface area contributed by atoms with Gasteiger partial charge in [-0.25, -0.2) is 4.98 Å². The fraction of sp³-hybridized carbons (Fsp3) is 0.393. The van der Waals surface area contributed by atoms with Crippen LogP contribution in [0.2, 0.25) is 0 Å². The van der Waals surface area contributed by atoms with E-state index in [9.17, 15) is 9.59 Å². The number of para-hydroxylation sites is 1. The molecule has 1 aromatic carbocycles. The van der Waals surface area contributed by atoms with Gasteiger partial charge in [0.05, 0.1) is 25.8 Å². The fourth-order valence-electron chi connectivity index (χ4n) is 5.47. The first-order chi connectivity index (χ1) is 17.4. The van der Waals surface area contributed by atoms with Crippen molar-refractivity contribution in [3.63, 3.8) is 0 Å². The van der Waals surface area contributed by atoms with Crippen LogP contribution in [0.15, 0.2) is 47.0 Å². The molecule has 5 heterocycles. The summed E-state index contributed by atoms with van der Waals surface area (Å²) < 4.78 is 11.3. The zero-order valence-electron chi connectivity index (χ0n) is 20.6. The fourth-order valence-corrected chi connectivity index (χ4v) is 5.47. The van der Waals surface area contributed by atoms with Crippen LogP contribution in [0.3, 0.4) is 0 Å². The van der Waals surface area contributed by atoms with Gasteiger partial charge in [-0.05, 0) is 49.1 Å². The third-order valence-electron chi connectivity index (χ3n) is 7.67. The number of carbonyl (C=O) groups is 2. The van der Waals surface area contributed by atoms with Crippen molar-refractivity contribution >= 4 is 34.7 Å². The highest BCUT2D eigenvalue weighted by atomic mass is 16.5. The van der Waals surface area contributed by atoms with E-state index in [0.29, 0.717) is 12.4 Å². The zero-order chi connectivity index (χ0) is 24.9. The molecule has 2 amide bonds. The summed E-state index contributed by atoms with van der Waals surface area (Å²) in [6.45, 7) is 5.87. The standard InChI is InChI=1S/C28H30N4O4/c1-18-21-5-3-4-6-23(21)36-24(18)13-31(2)25(33)10-7-19-11-20-8-9-22(27(34)30-26(20)29-12-19)32-14-28(15-32)16-35-17-28/h3-7,10-12,22H,8-9,13-17H2,1-2H3,(H,29,30,34)/b10-7+/t22-/m0/s1. The summed E-state index contributed by atoms with van der Waals surface area (Å²) in [6, 6.07) is 9.76. The molecule has 2 saturated heterocycles. The number of likely N-dealkylation sites (N-methyl/N-ethyl adjacent to an activating group) is 1. The summed E-state index contributed by atoms with van der Waals surface area (Å²) >= 11 is 0. The zero-order valence-corrected chi connectivity index (χ0v) is 20.6. The number of aromatic nitrogens is 1. The lowest BCUT2D eigenvalue weighted by molar-refractivity contribution is -0.198. The minimum absolute atomic E-state index is 0.0114. The average Bonchev–Trinajstić information content (AvgIpc) is 3.03. The van der Waals surface area contributed by atoms with Gasteiger partial charge >= 0.3 is 0 Å². The second-order valence-corrected chi connectivity index (χ2v) is 10.4. The van der Waals surface area contributed by atoms with Gasteiger partial charge in [-0.1, -0.05) is 18.2 Å². The van der Waals surface area contributed by atoms with E-state index in [-0.39, 0.29) is 23.3 Å². The highest BCUT2D eigenvalue weighted by Gasteiger charge is 2.52. The van der Waals surface area contributed by atoms with E-state index in [1.54, 1.807) is 30.3 Å². The van der Waals surface area contributed by atoms with Crippen LogP contribution in [0.4, 0.5) is 5.82 Å². The molecule has 1 atom stereocenters. The first-order valence-electron chi connectivity index (χ1n) is 12.4. The summed E-state index contributed by atoms with van der Waals surface area (Å²) in [5.41, 5.74) is 3.99. The number of hydrogen-bond donors (Lipinski definition) is 1. The van der Waals surface area contributed by atoms with Crippen LogP contribution in [0.25, 0.3) is 17.0 Å². The molecule has 0 radical (unpaired) electrons. The van der Waals surface area contributed by atoms with E-state index >= 15 is 0 Å². The summed E-state index contributed by atoms with van der Waals surface area (Å²) in [5, 5.41) is 4.08. The van der Waals surface area contributed by atoms with Crippen molar-refractivity contribution in [3.05, 3.63) is 65.1 Å². The number of furan rings is 1. The number of rotatable bonds is 5. The van der Waals surface area contributed by atoms with Crippen molar-refractivity contribution in [2.45, 2.75) is 32.4 Å². The number of amides is 2. The predicted octanol–water partition coefficient (Wildman–Crippen LogP) is 3.39. The number of hydrogen-bond acceptors (Lipinski definition) is 6. The van der Waals surface area contributed by atoms with Crippen molar-refractivity contribution < 1.29 is 18.7 Å². The summed E-state index contributed by atoms with van der Waals surface area (Å²) in [5.74, 6) is 1.29. The number of fused-ring (bicyclic) bond motifs is 2. The van der Waals surface area contributed by atoms with Crippen molar-refractivity contribution in [1.29, 1.82) is 0 Å². The van der Waals surface area contributed by atoms with Crippen LogP contribution in [-0.2, 0) is 27.3 Å². The molecule has 3 aromatic rings. The maximum atomic E-state index is 12.8. The number of aryl methyl sites for hydroxylation is 2. The normalized spacial score (nSPS) is 21.1. The van der Waals surface area contributed by atoms with E-state index in [1.165, 1.54) is 0 Å². The summed E-state index contributed by atoms with van der Waals surface area (Å²) in [7, 11) is 1.76. The Kier molecular flexibility index (Phi) is 5.65. The first-order valence-corrected chi connectivity index (χ1v) is 12.4. The van der Waals surface area contributed by atoms with Gasteiger partial charge in [-0.2, -0.15) is 0 Å². The first kappa shape index (κ1) is 22.9. The Morgan fingerprint density at radius 3 is 2.86 bits per heavy atom. The maximum Gasteiger partial charge on any atom is 0.246 e. The third kappa shape index (κ3) is 4.10. The molecule has 8 nitrogen and oxygen atoms in total. The number of nitrogens with zero attached hydrogens (tertiary/aromatic N) is 3. The molecule has 3 aliphatic rings. The maximum absolute atomic E-state index is 12.8. The lowest BCUT2D eigenvalue weighted by Crippen LogP contribution is -2.69. The topological polar surface area (TPSA) is 87.9 Å². The van der Waals surface area contributed by atoms with Crippen molar-refractivity contribution in [2.75, 3.05) is 38.7 Å². The molecule has 0 unspecified atom stereocenters. The predicted molar refractivity (Wildman–Crippen MR) is 136 cm³/mol. The summed E-state index contributed by atoms with van der Waals surface area (Å²) in [6.07, 6.45) is 6.53. The largest absolute Gasteiger partial charge is 0.459 e. The number of ether oxygens (including phenoxy) is 1. The van der Waals surface area contributed by atoms with Gasteiger partial charge in [0.15, 0.2) is 0 Å². The van der Waals surface area contributed by atoms with E-state index in [0.717, 1.165) is 72.6 Å². The van der Waals surface area contributed by atoms with Gasteiger partial charge in [0.25, 0.3) is 0 Å². The van der Waals surface area contributed by atoms with Crippen molar-refractivity contribution in [2.24, 2.45) is 5.41 Å². The minimum Gasteiger partial charge on any atom is -0.459 e. The Hall–Kier alpha value is -3.49. The van der Waals surface area contributed by atoms with Gasteiger partial charge < -0.3 is 19.4 Å². The second kappa shape index (κ2) is 8.87. The molecule has 36 heavy (non-hydrogen) atoms. The van der Waals surface area contributed by atoms with Crippen LogP contribution < -0.4 is 5.32 Å². The lowest BCUT2D eigenvalue weighted by Gasteiger charge is -2.56. The molecular weight excluding hydrogens is 456 g/mol. The lowest BCUT2D eigenvalue weighted by atomic mass is 9.76. The van der Waals surface area contributed by atoms with Crippen LogP contribution in [0, 0.1) is 12.3 Å². The molecule has 0 aliphatic carbocycles. The number of anilines is 1. The van der Waals surface area contributed by atoms with E-state index in [2.05, 4.69) is 15.2 Å². The SMILES string of the molecule is Cc1c(CN(C)C(=O)/C=C/c2cnc3c(c2)CC[C@H](N2CC4(COC4)C2)C(=O)N3)oc2ccccc12. The Morgan fingerprint density at radius 2 is 2.11 bits per heavy atom. The molecular formula is C28H30N4O4. The van der Waals surface area contributed by atoms with Gasteiger partial charge in [0.1, 0.15) is 17.2 Å². The van der Waals surface area contributed by atoms with Crippen molar-refractivity contribution in [1.82, 2.24) is 14.8 Å².